The summed E-state index contributed by atoms with van der Waals surface area (Å²) in [6, 6.07) is 19.6. The minimum atomic E-state index is 0.354. The fourth-order valence-corrected chi connectivity index (χ4v) is 4.16. The van der Waals surface area contributed by atoms with E-state index in [2.05, 4.69) is 16.3 Å². The molecule has 0 amide bonds. The summed E-state index contributed by atoms with van der Waals surface area (Å²) in [6.45, 7) is 4.06. The molecule has 0 unspecified atom stereocenters. The van der Waals surface area contributed by atoms with Crippen molar-refractivity contribution in [3.8, 4) is 11.5 Å². The van der Waals surface area contributed by atoms with Crippen molar-refractivity contribution in [1.29, 1.82) is 0 Å². The first-order valence-electron chi connectivity index (χ1n) is 10.5. The zero-order valence-corrected chi connectivity index (χ0v) is 19.5. The summed E-state index contributed by atoms with van der Waals surface area (Å²) in [5, 5.41) is 4.84. The molecule has 5 nitrogen and oxygen atoms in total. The topological polar surface area (TPSA) is 43.0 Å². The molecule has 1 aliphatic rings. The van der Waals surface area contributed by atoms with Crippen LogP contribution in [0.1, 0.15) is 11.1 Å². The van der Waals surface area contributed by atoms with E-state index in [1.54, 1.807) is 7.11 Å². The molecule has 0 radical (unpaired) electrons. The molecule has 0 aromatic heterocycles. The van der Waals surface area contributed by atoms with Crippen LogP contribution in [0.3, 0.4) is 0 Å². The van der Waals surface area contributed by atoms with E-state index in [0.29, 0.717) is 29.7 Å². The molecule has 1 N–H and O–H groups in total. The van der Waals surface area contributed by atoms with Crippen molar-refractivity contribution in [3.05, 3.63) is 81.8 Å². The van der Waals surface area contributed by atoms with E-state index >= 15 is 0 Å². The summed E-state index contributed by atoms with van der Waals surface area (Å²) in [5.74, 6) is 1.37. The number of morpholine rings is 1. The Balaban J connectivity index is 1.47. The largest absolute Gasteiger partial charge is 0.493 e. The van der Waals surface area contributed by atoms with Crippen molar-refractivity contribution in [2.45, 2.75) is 13.2 Å². The number of rotatable bonds is 8. The second-order valence-corrected chi connectivity index (χ2v) is 8.26. The fraction of sp³-hybridized carbons (Fsp3) is 0.280. The Kier molecular flexibility index (Phi) is 7.63. The summed E-state index contributed by atoms with van der Waals surface area (Å²) >= 11 is 12.9. The lowest BCUT2D eigenvalue weighted by Gasteiger charge is -2.29. The van der Waals surface area contributed by atoms with Crippen molar-refractivity contribution in [2.24, 2.45) is 0 Å². The van der Waals surface area contributed by atoms with Gasteiger partial charge in [0.1, 0.15) is 6.61 Å². The number of nitrogens with zero attached hydrogens (tertiary/aromatic N) is 1. The lowest BCUT2D eigenvalue weighted by molar-refractivity contribution is 0.122. The molecule has 1 saturated heterocycles. The average molecular weight is 473 g/mol. The summed E-state index contributed by atoms with van der Waals surface area (Å²) in [6.07, 6.45) is 0. The van der Waals surface area contributed by atoms with Crippen molar-refractivity contribution in [3.63, 3.8) is 0 Å². The van der Waals surface area contributed by atoms with E-state index in [-0.39, 0.29) is 0 Å². The number of para-hydroxylation sites is 1. The quantitative estimate of drug-likeness (QED) is 0.433. The summed E-state index contributed by atoms with van der Waals surface area (Å²) < 4.78 is 17.1. The van der Waals surface area contributed by atoms with Crippen LogP contribution in [0.5, 0.6) is 11.5 Å². The Labute approximate surface area is 198 Å². The van der Waals surface area contributed by atoms with Crippen molar-refractivity contribution >= 4 is 34.6 Å². The second kappa shape index (κ2) is 10.8. The molecule has 1 heterocycles. The Bertz CT molecular complexity index is 1060. The van der Waals surface area contributed by atoms with Gasteiger partial charge in [0.15, 0.2) is 11.5 Å². The first-order valence-corrected chi connectivity index (χ1v) is 11.3. The van der Waals surface area contributed by atoms with E-state index in [1.165, 1.54) is 0 Å². The van der Waals surface area contributed by atoms with Gasteiger partial charge in [0, 0.05) is 41.5 Å². The molecule has 1 aliphatic heterocycles. The molecule has 0 spiro atoms. The van der Waals surface area contributed by atoms with Gasteiger partial charge in [-0.05, 0) is 30.3 Å². The van der Waals surface area contributed by atoms with E-state index in [1.807, 2.05) is 54.6 Å². The first kappa shape index (κ1) is 22.6. The molecule has 4 rings (SSSR count). The molecule has 0 saturated carbocycles. The van der Waals surface area contributed by atoms with Gasteiger partial charge in [-0.25, -0.2) is 0 Å². The van der Waals surface area contributed by atoms with Crippen LogP contribution in [0.15, 0.2) is 60.7 Å². The molecule has 0 atom stereocenters. The zero-order valence-electron chi connectivity index (χ0n) is 17.9. The monoisotopic (exact) mass is 472 g/mol. The zero-order chi connectivity index (χ0) is 22.3. The minimum Gasteiger partial charge on any atom is -0.493 e. The highest BCUT2D eigenvalue weighted by molar-refractivity contribution is 6.33. The number of benzene rings is 3. The van der Waals surface area contributed by atoms with E-state index in [9.17, 15) is 0 Å². The SMILES string of the molecule is COc1cccc(CNc2ccc(N3CCOCC3)c(Cl)c2)c1OCc1ccccc1Cl. The van der Waals surface area contributed by atoms with Gasteiger partial charge >= 0.3 is 0 Å². The maximum Gasteiger partial charge on any atom is 0.166 e. The molecular weight excluding hydrogens is 447 g/mol. The fourth-order valence-electron chi connectivity index (χ4n) is 3.67. The molecule has 32 heavy (non-hydrogen) atoms. The van der Waals surface area contributed by atoms with Crippen LogP contribution in [0.4, 0.5) is 11.4 Å². The van der Waals surface area contributed by atoms with Gasteiger partial charge < -0.3 is 24.4 Å². The Morgan fingerprint density at radius 2 is 1.72 bits per heavy atom. The van der Waals surface area contributed by atoms with Gasteiger partial charge in [-0.1, -0.05) is 53.5 Å². The van der Waals surface area contributed by atoms with Gasteiger partial charge in [-0.3, -0.25) is 0 Å². The number of ether oxygens (including phenoxy) is 3. The lowest BCUT2D eigenvalue weighted by atomic mass is 10.1. The third-order valence-corrected chi connectivity index (χ3v) is 6.06. The summed E-state index contributed by atoms with van der Waals surface area (Å²) in [5.41, 5.74) is 3.87. The highest BCUT2D eigenvalue weighted by Crippen LogP contribution is 2.34. The average Bonchev–Trinajstić information content (AvgIpc) is 2.83. The molecule has 3 aromatic rings. The normalized spacial score (nSPS) is 13.7. The first-order chi connectivity index (χ1) is 15.7. The number of halogens is 2. The maximum atomic E-state index is 6.58. The van der Waals surface area contributed by atoms with Gasteiger partial charge in [0.25, 0.3) is 0 Å². The molecule has 0 bridgehead atoms. The van der Waals surface area contributed by atoms with Crippen molar-refractivity contribution in [2.75, 3.05) is 43.6 Å². The van der Waals surface area contributed by atoms with Crippen LogP contribution < -0.4 is 19.7 Å². The molecule has 1 fully saturated rings. The van der Waals surface area contributed by atoms with Crippen LogP contribution >= 0.6 is 23.2 Å². The van der Waals surface area contributed by atoms with E-state index in [0.717, 1.165) is 53.8 Å². The van der Waals surface area contributed by atoms with Crippen LogP contribution in [0.25, 0.3) is 0 Å². The standard InChI is InChI=1S/C25H26Cl2N2O3/c1-30-24-8-4-6-18(25(24)32-17-19-5-2-3-7-21(19)26)16-28-20-9-10-23(22(27)15-20)29-11-13-31-14-12-29/h2-10,15,28H,11-14,16-17H2,1H3. The summed E-state index contributed by atoms with van der Waals surface area (Å²) in [4.78, 5) is 2.25. The Morgan fingerprint density at radius 3 is 2.47 bits per heavy atom. The predicted octanol–water partition coefficient (Wildman–Crippen LogP) is 6.03. The molecule has 0 aliphatic carbocycles. The van der Waals surface area contributed by atoms with Crippen LogP contribution in [0, 0.1) is 0 Å². The number of hydrogen-bond acceptors (Lipinski definition) is 5. The second-order valence-electron chi connectivity index (χ2n) is 7.45. The predicted molar refractivity (Wildman–Crippen MR) is 131 cm³/mol. The number of anilines is 2. The van der Waals surface area contributed by atoms with Crippen molar-refractivity contribution in [1.82, 2.24) is 0 Å². The number of nitrogens with one attached hydrogen (secondary N) is 1. The molecule has 3 aromatic carbocycles. The van der Waals surface area contributed by atoms with Gasteiger partial charge in [0.05, 0.1) is 31.0 Å². The third kappa shape index (κ3) is 5.41. The summed E-state index contributed by atoms with van der Waals surface area (Å²) in [7, 11) is 1.64. The number of hydrogen-bond donors (Lipinski definition) is 1. The smallest absolute Gasteiger partial charge is 0.166 e. The molecular formula is C25H26Cl2N2O3. The maximum absolute atomic E-state index is 6.58. The molecule has 168 valence electrons. The molecule has 7 heteroatoms. The Morgan fingerprint density at radius 1 is 0.938 bits per heavy atom. The highest BCUT2D eigenvalue weighted by Gasteiger charge is 2.15. The van der Waals surface area contributed by atoms with Crippen LogP contribution in [-0.4, -0.2) is 33.4 Å². The Hall–Kier alpha value is -2.60. The van der Waals surface area contributed by atoms with E-state index in [4.69, 9.17) is 37.4 Å². The minimum absolute atomic E-state index is 0.354. The van der Waals surface area contributed by atoms with Gasteiger partial charge in [-0.2, -0.15) is 0 Å². The third-order valence-electron chi connectivity index (χ3n) is 5.39. The van der Waals surface area contributed by atoms with Crippen LogP contribution in [-0.2, 0) is 17.9 Å². The van der Waals surface area contributed by atoms with Crippen molar-refractivity contribution < 1.29 is 14.2 Å². The van der Waals surface area contributed by atoms with E-state index < -0.39 is 0 Å². The van der Waals surface area contributed by atoms with Crippen LogP contribution in [0.2, 0.25) is 10.0 Å². The van der Waals surface area contributed by atoms with Gasteiger partial charge in [0.2, 0.25) is 0 Å². The highest BCUT2D eigenvalue weighted by atomic mass is 35.5. The van der Waals surface area contributed by atoms with Gasteiger partial charge in [-0.15, -0.1) is 0 Å². The lowest BCUT2D eigenvalue weighted by Crippen LogP contribution is -2.36. The number of methoxy groups -OCH3 is 1.